The summed E-state index contributed by atoms with van der Waals surface area (Å²) in [6, 6.07) is 16.5. The highest BCUT2D eigenvalue weighted by molar-refractivity contribution is 8.04. The molecule has 0 aromatic heterocycles. The zero-order chi connectivity index (χ0) is 33.4. The van der Waals surface area contributed by atoms with Gasteiger partial charge in [0.25, 0.3) is 10.0 Å². The lowest BCUT2D eigenvalue weighted by Crippen LogP contribution is -2.44. The highest BCUT2D eigenvalue weighted by atomic mass is 32.2. The standard InChI is InChI=1S/C34H38F3NO5S2/c1-21(2)33(17-16-23-10-8-7-9-11-23)20-28(39)30(31(40)43-33)44-29-18-22(3)27(19-26(29)32(4,5)6)38-45(41,42)25-14-12-24(13-15-25)34(35,36)37/h7-15,18-19,21,38-39H,16-17,20H2,1-6H3. The van der Waals surface area contributed by atoms with E-state index in [1.807, 2.05) is 65.0 Å². The number of benzene rings is 3. The Balaban J connectivity index is 1.63. The molecule has 0 saturated heterocycles. The lowest BCUT2D eigenvalue weighted by Gasteiger charge is -2.40. The van der Waals surface area contributed by atoms with Crippen LogP contribution in [0.4, 0.5) is 18.9 Å². The summed E-state index contributed by atoms with van der Waals surface area (Å²) < 4.78 is 73.8. The van der Waals surface area contributed by atoms with Crippen molar-refractivity contribution < 1.29 is 36.2 Å². The van der Waals surface area contributed by atoms with Gasteiger partial charge in [0, 0.05) is 11.3 Å². The predicted octanol–water partition coefficient (Wildman–Crippen LogP) is 8.95. The molecule has 1 heterocycles. The number of sulfonamides is 1. The van der Waals surface area contributed by atoms with Crippen molar-refractivity contribution in [3.63, 3.8) is 0 Å². The van der Waals surface area contributed by atoms with Crippen molar-refractivity contribution in [2.24, 2.45) is 5.92 Å². The number of carbonyl (C=O) groups is 1. The maximum absolute atomic E-state index is 13.5. The molecule has 0 radical (unpaired) electrons. The van der Waals surface area contributed by atoms with Gasteiger partial charge in [0.2, 0.25) is 0 Å². The number of alkyl halides is 3. The molecule has 0 aliphatic carbocycles. The summed E-state index contributed by atoms with van der Waals surface area (Å²) in [6.45, 7) is 11.4. The van der Waals surface area contributed by atoms with E-state index in [-0.39, 0.29) is 33.6 Å². The van der Waals surface area contributed by atoms with E-state index >= 15 is 0 Å². The number of aliphatic hydroxyl groups excluding tert-OH is 1. The van der Waals surface area contributed by atoms with Gasteiger partial charge in [-0.2, -0.15) is 13.2 Å². The van der Waals surface area contributed by atoms with E-state index in [0.717, 1.165) is 41.6 Å². The first kappa shape index (κ1) is 34.4. The van der Waals surface area contributed by atoms with Gasteiger partial charge in [-0.05, 0) is 84.2 Å². The number of hydrogen-bond donors (Lipinski definition) is 2. The first-order valence-electron chi connectivity index (χ1n) is 14.5. The molecule has 45 heavy (non-hydrogen) atoms. The average molecular weight is 662 g/mol. The fourth-order valence-electron chi connectivity index (χ4n) is 5.20. The van der Waals surface area contributed by atoms with Crippen LogP contribution in [0.5, 0.6) is 0 Å². The summed E-state index contributed by atoms with van der Waals surface area (Å²) in [5.74, 6) is -0.721. The van der Waals surface area contributed by atoms with Gasteiger partial charge in [0.1, 0.15) is 16.3 Å². The summed E-state index contributed by atoms with van der Waals surface area (Å²) in [5, 5.41) is 11.2. The van der Waals surface area contributed by atoms with Crippen LogP contribution in [0.2, 0.25) is 0 Å². The van der Waals surface area contributed by atoms with Crippen LogP contribution in [0, 0.1) is 12.8 Å². The third kappa shape index (κ3) is 7.87. The molecule has 4 rings (SSSR count). The van der Waals surface area contributed by atoms with Gasteiger partial charge in [0.05, 0.1) is 16.1 Å². The van der Waals surface area contributed by atoms with Crippen LogP contribution in [0.1, 0.15) is 69.7 Å². The number of aryl methyl sites for hydroxylation is 2. The SMILES string of the molecule is Cc1cc(SC2=C(O)CC(CCc3ccccc3)(C(C)C)OC2=O)c(C(C)(C)C)cc1NS(=O)(=O)c1ccc(C(F)(F)F)cc1. The number of halogens is 3. The molecule has 3 aromatic rings. The number of aliphatic hydroxyl groups is 1. The molecule has 1 aliphatic rings. The molecule has 1 aliphatic heterocycles. The van der Waals surface area contributed by atoms with Crippen LogP contribution < -0.4 is 4.72 Å². The van der Waals surface area contributed by atoms with Gasteiger partial charge in [-0.1, -0.05) is 76.7 Å². The molecule has 2 N–H and O–H groups in total. The Kier molecular flexibility index (Phi) is 9.76. The third-order valence-electron chi connectivity index (χ3n) is 8.02. The van der Waals surface area contributed by atoms with Crippen LogP contribution in [0.3, 0.4) is 0 Å². The summed E-state index contributed by atoms with van der Waals surface area (Å²) in [7, 11) is -4.21. The number of ether oxygens (including phenoxy) is 1. The number of rotatable bonds is 9. The highest BCUT2D eigenvalue weighted by Gasteiger charge is 2.44. The molecular formula is C34H38F3NO5S2. The van der Waals surface area contributed by atoms with Gasteiger partial charge in [0.15, 0.2) is 0 Å². The number of nitrogens with one attached hydrogen (secondary N) is 1. The first-order valence-corrected chi connectivity index (χ1v) is 16.8. The van der Waals surface area contributed by atoms with E-state index < -0.39 is 38.7 Å². The Hall–Kier alpha value is -3.44. The first-order chi connectivity index (χ1) is 20.8. The van der Waals surface area contributed by atoms with Gasteiger partial charge >= 0.3 is 12.1 Å². The smallest absolute Gasteiger partial charge is 0.416 e. The number of cyclic esters (lactones) is 1. The predicted molar refractivity (Wildman–Crippen MR) is 171 cm³/mol. The highest BCUT2D eigenvalue weighted by Crippen LogP contribution is 2.46. The van der Waals surface area contributed by atoms with Crippen LogP contribution in [0.15, 0.2) is 87.2 Å². The molecule has 0 fully saturated rings. The average Bonchev–Trinajstić information content (AvgIpc) is 2.94. The topological polar surface area (TPSA) is 92.7 Å². The van der Waals surface area contributed by atoms with Crippen molar-refractivity contribution >= 4 is 33.4 Å². The van der Waals surface area contributed by atoms with Crippen molar-refractivity contribution in [1.82, 2.24) is 0 Å². The summed E-state index contributed by atoms with van der Waals surface area (Å²) in [6.07, 6.45) is -3.20. The second kappa shape index (κ2) is 12.7. The van der Waals surface area contributed by atoms with Gasteiger partial charge in [-0.3, -0.25) is 4.72 Å². The normalized spacial score (nSPS) is 17.9. The Morgan fingerprint density at radius 2 is 1.64 bits per heavy atom. The largest absolute Gasteiger partial charge is 0.511 e. The molecule has 0 saturated carbocycles. The quantitative estimate of drug-likeness (QED) is 0.223. The molecule has 1 unspecified atom stereocenters. The fraction of sp³-hybridized carbons (Fsp3) is 0.382. The minimum atomic E-state index is -4.59. The number of carbonyl (C=O) groups excluding carboxylic acids is 1. The van der Waals surface area contributed by atoms with Gasteiger partial charge < -0.3 is 9.84 Å². The molecular weight excluding hydrogens is 624 g/mol. The maximum atomic E-state index is 13.5. The van der Waals surface area contributed by atoms with Crippen LogP contribution >= 0.6 is 11.8 Å². The summed E-state index contributed by atoms with van der Waals surface area (Å²) in [5.41, 5.74) is 0.228. The second-order valence-electron chi connectivity index (χ2n) is 12.7. The van der Waals surface area contributed by atoms with Crippen molar-refractivity contribution in [3.05, 3.63) is 99.6 Å². The lowest BCUT2D eigenvalue weighted by atomic mass is 9.80. The molecule has 242 valence electrons. The van der Waals surface area contributed by atoms with E-state index in [2.05, 4.69) is 4.72 Å². The number of hydrogen-bond acceptors (Lipinski definition) is 6. The van der Waals surface area contributed by atoms with E-state index in [1.165, 1.54) is 0 Å². The van der Waals surface area contributed by atoms with Crippen molar-refractivity contribution in [1.29, 1.82) is 0 Å². The third-order valence-corrected chi connectivity index (χ3v) is 10.6. The zero-order valence-electron chi connectivity index (χ0n) is 26.1. The van der Waals surface area contributed by atoms with Crippen LogP contribution in [-0.4, -0.2) is 25.1 Å². The molecule has 0 spiro atoms. The van der Waals surface area contributed by atoms with Gasteiger partial charge in [-0.15, -0.1) is 0 Å². The molecule has 6 nitrogen and oxygen atoms in total. The molecule has 11 heteroatoms. The van der Waals surface area contributed by atoms with Gasteiger partial charge in [-0.25, -0.2) is 13.2 Å². The molecule has 0 amide bonds. The molecule has 3 aromatic carbocycles. The van der Waals surface area contributed by atoms with Crippen LogP contribution in [0.25, 0.3) is 0 Å². The number of anilines is 1. The second-order valence-corrected chi connectivity index (χ2v) is 15.4. The fourth-order valence-corrected chi connectivity index (χ4v) is 7.57. The lowest BCUT2D eigenvalue weighted by molar-refractivity contribution is -0.164. The minimum absolute atomic E-state index is 0.0526. The van der Waals surface area contributed by atoms with E-state index in [0.29, 0.717) is 28.9 Å². The van der Waals surface area contributed by atoms with E-state index in [1.54, 1.807) is 19.1 Å². The van der Waals surface area contributed by atoms with Crippen molar-refractivity contribution in [2.45, 2.75) is 87.8 Å². The van der Waals surface area contributed by atoms with Crippen molar-refractivity contribution in [2.75, 3.05) is 4.72 Å². The Morgan fingerprint density at radius 1 is 1.02 bits per heavy atom. The van der Waals surface area contributed by atoms with Crippen molar-refractivity contribution in [3.8, 4) is 0 Å². The monoisotopic (exact) mass is 661 g/mol. The maximum Gasteiger partial charge on any atom is 0.416 e. The van der Waals surface area contributed by atoms with E-state index in [4.69, 9.17) is 4.74 Å². The Bertz CT molecular complexity index is 1690. The van der Waals surface area contributed by atoms with E-state index in [9.17, 15) is 31.5 Å². The number of esters is 1. The Morgan fingerprint density at radius 3 is 2.18 bits per heavy atom. The summed E-state index contributed by atoms with van der Waals surface area (Å²) in [4.78, 5) is 13.9. The van der Waals surface area contributed by atoms with Crippen LogP contribution in [-0.2, 0) is 37.6 Å². The zero-order valence-corrected chi connectivity index (χ0v) is 27.7. The summed E-state index contributed by atoms with van der Waals surface area (Å²) >= 11 is 1.07. The molecule has 0 bridgehead atoms. The number of thioether (sulfide) groups is 1. The Labute approximate surface area is 267 Å². The minimum Gasteiger partial charge on any atom is -0.511 e. The molecule has 1 atom stereocenters.